The van der Waals surface area contributed by atoms with Crippen molar-refractivity contribution in [2.75, 3.05) is 13.2 Å². The zero-order chi connectivity index (χ0) is 30.1. The van der Waals surface area contributed by atoms with Gasteiger partial charge in [-0.2, -0.15) is 5.26 Å². The molecule has 6 rings (SSSR count). The van der Waals surface area contributed by atoms with Crippen molar-refractivity contribution in [1.82, 2.24) is 14.5 Å². The lowest BCUT2D eigenvalue weighted by Crippen LogP contribution is -2.34. The number of carbonyl (C=O) groups excluding carboxylic acids is 1. The van der Waals surface area contributed by atoms with Crippen LogP contribution in [0.25, 0.3) is 11.0 Å². The van der Waals surface area contributed by atoms with E-state index in [1.807, 2.05) is 51.1 Å². The average Bonchev–Trinajstić information content (AvgIpc) is 3.28. The van der Waals surface area contributed by atoms with Gasteiger partial charge in [-0.3, -0.25) is 4.90 Å². The van der Waals surface area contributed by atoms with Crippen molar-refractivity contribution in [2.24, 2.45) is 0 Å². The number of benzene rings is 3. The fraction of sp³-hybridized carbons (Fsp3) is 0.382. The van der Waals surface area contributed by atoms with E-state index in [0.29, 0.717) is 30.0 Å². The molecular weight excluding hydrogens is 547 g/mol. The molecular formula is C34H35FN4O4. The Kier molecular flexibility index (Phi) is 7.91. The summed E-state index contributed by atoms with van der Waals surface area (Å²) in [5, 5.41) is 8.98. The number of hydrogen-bond donors (Lipinski definition) is 0. The molecule has 1 saturated heterocycles. The number of imidazole rings is 1. The first-order chi connectivity index (χ1) is 20.6. The highest BCUT2D eigenvalue weighted by molar-refractivity contribution is 5.94. The predicted molar refractivity (Wildman–Crippen MR) is 159 cm³/mol. The molecule has 0 N–H and O–H groups in total. The van der Waals surface area contributed by atoms with Crippen molar-refractivity contribution in [3.8, 4) is 11.8 Å². The van der Waals surface area contributed by atoms with Crippen molar-refractivity contribution >= 4 is 17.0 Å². The van der Waals surface area contributed by atoms with Crippen LogP contribution in [0.15, 0.2) is 54.6 Å². The molecule has 0 unspecified atom stereocenters. The number of nitrogens with zero attached hydrogens (tertiary/aromatic N) is 4. The number of hydrogen-bond acceptors (Lipinski definition) is 7. The smallest absolute Gasteiger partial charge is 0.338 e. The van der Waals surface area contributed by atoms with Gasteiger partial charge in [0.1, 0.15) is 29.6 Å². The molecule has 0 bridgehead atoms. The Bertz CT molecular complexity index is 1710. The van der Waals surface area contributed by atoms with Crippen LogP contribution in [-0.2, 0) is 42.1 Å². The molecule has 3 heterocycles. The SMILES string of the molecule is CC(C)(C)OC(=O)c1ccc2nc(CN3CCc4ccc(OCc5ccc(C#N)cc5F)cc4C3)n(C[C@@H]3CCO3)c2c1. The van der Waals surface area contributed by atoms with E-state index in [1.54, 1.807) is 18.2 Å². The van der Waals surface area contributed by atoms with E-state index < -0.39 is 11.4 Å². The van der Waals surface area contributed by atoms with Gasteiger partial charge in [0, 0.05) is 25.3 Å². The monoisotopic (exact) mass is 582 g/mol. The number of aromatic nitrogens is 2. The first kappa shape index (κ1) is 28.8. The molecule has 0 amide bonds. The molecule has 2 aliphatic rings. The zero-order valence-corrected chi connectivity index (χ0v) is 24.7. The summed E-state index contributed by atoms with van der Waals surface area (Å²) in [5.41, 5.74) is 4.79. The van der Waals surface area contributed by atoms with E-state index in [9.17, 15) is 9.18 Å². The molecule has 43 heavy (non-hydrogen) atoms. The second kappa shape index (κ2) is 11.8. The van der Waals surface area contributed by atoms with E-state index in [0.717, 1.165) is 49.4 Å². The summed E-state index contributed by atoms with van der Waals surface area (Å²) >= 11 is 0. The third-order valence-corrected chi connectivity index (χ3v) is 7.85. The van der Waals surface area contributed by atoms with E-state index in [1.165, 1.54) is 17.2 Å². The van der Waals surface area contributed by atoms with E-state index in [4.69, 9.17) is 24.5 Å². The van der Waals surface area contributed by atoms with Crippen LogP contribution in [0.3, 0.4) is 0 Å². The second-order valence-electron chi connectivity index (χ2n) is 12.2. The number of carbonyl (C=O) groups is 1. The fourth-order valence-corrected chi connectivity index (χ4v) is 5.50. The van der Waals surface area contributed by atoms with Gasteiger partial charge in [-0.1, -0.05) is 12.1 Å². The van der Waals surface area contributed by atoms with Crippen molar-refractivity contribution in [2.45, 2.75) is 71.6 Å². The summed E-state index contributed by atoms with van der Waals surface area (Å²) in [6.45, 7) is 9.36. The van der Waals surface area contributed by atoms with Gasteiger partial charge in [0.2, 0.25) is 0 Å². The summed E-state index contributed by atoms with van der Waals surface area (Å²) in [6, 6.07) is 17.9. The van der Waals surface area contributed by atoms with Crippen molar-refractivity contribution in [3.63, 3.8) is 0 Å². The number of ether oxygens (including phenoxy) is 3. The summed E-state index contributed by atoms with van der Waals surface area (Å²) in [7, 11) is 0. The number of esters is 1. The van der Waals surface area contributed by atoms with Crippen LogP contribution in [0, 0.1) is 17.1 Å². The number of fused-ring (bicyclic) bond motifs is 2. The van der Waals surface area contributed by atoms with Crippen LogP contribution in [0.5, 0.6) is 5.75 Å². The van der Waals surface area contributed by atoms with Gasteiger partial charge >= 0.3 is 5.97 Å². The summed E-state index contributed by atoms with van der Waals surface area (Å²) in [5.74, 6) is 0.806. The molecule has 2 aliphatic heterocycles. The predicted octanol–water partition coefficient (Wildman–Crippen LogP) is 5.93. The Morgan fingerprint density at radius 2 is 1.98 bits per heavy atom. The molecule has 0 radical (unpaired) electrons. The first-order valence-corrected chi connectivity index (χ1v) is 14.6. The average molecular weight is 583 g/mol. The number of halogens is 1. The normalized spacial score (nSPS) is 16.8. The van der Waals surface area contributed by atoms with E-state index in [-0.39, 0.29) is 24.2 Å². The standard InChI is InChI=1S/C34H35FN4O4/c1-34(2,3)43-33(40)24-7-9-30-31(16-24)39(19-28-11-13-41-28)32(37-30)20-38-12-10-23-6-8-27(15-26(23)18-38)42-21-25-5-4-22(17-36)14-29(25)35/h4-9,14-16,28H,10-13,18-21H2,1-3H3/t28-/m0/s1. The third-order valence-electron chi connectivity index (χ3n) is 7.85. The minimum Gasteiger partial charge on any atom is -0.489 e. The highest BCUT2D eigenvalue weighted by atomic mass is 19.1. The van der Waals surface area contributed by atoms with Gasteiger partial charge in [-0.25, -0.2) is 14.2 Å². The second-order valence-corrected chi connectivity index (χ2v) is 12.2. The lowest BCUT2D eigenvalue weighted by molar-refractivity contribution is -0.0592. The minimum absolute atomic E-state index is 0.0819. The van der Waals surface area contributed by atoms with Gasteiger partial charge in [0.05, 0.1) is 47.4 Å². The maximum Gasteiger partial charge on any atom is 0.338 e. The number of rotatable bonds is 8. The highest BCUT2D eigenvalue weighted by Crippen LogP contribution is 2.28. The van der Waals surface area contributed by atoms with Gasteiger partial charge in [0.25, 0.3) is 0 Å². The minimum atomic E-state index is -0.577. The summed E-state index contributed by atoms with van der Waals surface area (Å²) < 4.78 is 33.8. The third kappa shape index (κ3) is 6.56. The van der Waals surface area contributed by atoms with Crippen LogP contribution < -0.4 is 4.74 Å². The fourth-order valence-electron chi connectivity index (χ4n) is 5.50. The van der Waals surface area contributed by atoms with E-state index >= 15 is 0 Å². The quantitative estimate of drug-likeness (QED) is 0.238. The van der Waals surface area contributed by atoms with Crippen LogP contribution in [-0.4, -0.2) is 45.3 Å². The Balaban J connectivity index is 1.20. The van der Waals surface area contributed by atoms with Crippen LogP contribution in [0.4, 0.5) is 4.39 Å². The van der Waals surface area contributed by atoms with Crippen LogP contribution in [0.1, 0.15) is 65.6 Å². The molecule has 1 aromatic heterocycles. The molecule has 8 nitrogen and oxygen atoms in total. The maximum atomic E-state index is 14.3. The Hall–Kier alpha value is -4.26. The van der Waals surface area contributed by atoms with Crippen LogP contribution >= 0.6 is 0 Å². The van der Waals surface area contributed by atoms with Crippen molar-refractivity contribution in [3.05, 3.63) is 94.1 Å². The van der Waals surface area contributed by atoms with Crippen LogP contribution in [0.2, 0.25) is 0 Å². The van der Waals surface area contributed by atoms with Crippen molar-refractivity contribution in [1.29, 1.82) is 5.26 Å². The topological polar surface area (TPSA) is 89.6 Å². The Morgan fingerprint density at radius 1 is 1.14 bits per heavy atom. The van der Waals surface area contributed by atoms with E-state index in [2.05, 4.69) is 15.5 Å². The van der Waals surface area contributed by atoms with Gasteiger partial charge < -0.3 is 18.8 Å². The largest absolute Gasteiger partial charge is 0.489 e. The van der Waals surface area contributed by atoms with Gasteiger partial charge in [-0.15, -0.1) is 0 Å². The number of nitriles is 1. The lowest BCUT2D eigenvalue weighted by Gasteiger charge is -2.30. The van der Waals surface area contributed by atoms with Gasteiger partial charge in [0.15, 0.2) is 0 Å². The zero-order valence-electron chi connectivity index (χ0n) is 24.7. The maximum absolute atomic E-state index is 14.3. The molecule has 0 saturated carbocycles. The molecule has 222 valence electrons. The molecule has 9 heteroatoms. The Labute approximate surface area is 250 Å². The molecule has 0 aliphatic carbocycles. The molecule has 1 fully saturated rings. The summed E-state index contributed by atoms with van der Waals surface area (Å²) in [6.07, 6.45) is 2.02. The highest BCUT2D eigenvalue weighted by Gasteiger charge is 2.25. The summed E-state index contributed by atoms with van der Waals surface area (Å²) in [4.78, 5) is 20.2. The van der Waals surface area contributed by atoms with Crippen molar-refractivity contribution < 1.29 is 23.4 Å². The lowest BCUT2D eigenvalue weighted by atomic mass is 9.99. The first-order valence-electron chi connectivity index (χ1n) is 14.6. The molecule has 1 atom stereocenters. The Morgan fingerprint density at radius 3 is 2.70 bits per heavy atom. The molecule has 3 aromatic carbocycles. The van der Waals surface area contributed by atoms with Gasteiger partial charge in [-0.05, 0) is 87.2 Å². The molecule has 4 aromatic rings. The molecule has 0 spiro atoms.